The van der Waals surface area contributed by atoms with Crippen molar-refractivity contribution in [3.05, 3.63) is 29.8 Å². The molecule has 4 nitrogen and oxygen atoms in total. The Morgan fingerprint density at radius 3 is 2.36 bits per heavy atom. The van der Waals surface area contributed by atoms with Crippen molar-refractivity contribution in [3.63, 3.8) is 0 Å². The highest BCUT2D eigenvalue weighted by Crippen LogP contribution is 2.08. The molecule has 0 spiro atoms. The van der Waals surface area contributed by atoms with E-state index in [2.05, 4.69) is 4.72 Å². The van der Waals surface area contributed by atoms with Crippen molar-refractivity contribution in [3.8, 4) is 0 Å². The molecule has 0 heterocycles. The first kappa shape index (κ1) is 10.9. The number of nitrogens with one attached hydrogen (secondary N) is 1. The van der Waals surface area contributed by atoms with Gasteiger partial charge in [0, 0.05) is 0 Å². The van der Waals surface area contributed by atoms with E-state index in [-0.39, 0.29) is 11.4 Å². The van der Waals surface area contributed by atoms with Crippen LogP contribution in [-0.4, -0.2) is 21.2 Å². The molecule has 0 bridgehead atoms. The maximum Gasteiger partial charge on any atom is 0.240 e. The summed E-state index contributed by atoms with van der Waals surface area (Å²) in [7, 11) is -3.52. The van der Waals surface area contributed by atoms with E-state index in [1.807, 2.05) is 6.92 Å². The Hall–Kier alpha value is -1.20. The lowest BCUT2D eigenvalue weighted by Gasteiger charge is -2.03. The number of aryl methyl sites for hydroxylation is 1. The van der Waals surface area contributed by atoms with Gasteiger partial charge in [0.15, 0.2) is 0 Å². The molecule has 0 atom stereocenters. The highest BCUT2D eigenvalue weighted by Gasteiger charge is 2.11. The molecule has 5 heteroatoms. The number of rotatable bonds is 4. The summed E-state index contributed by atoms with van der Waals surface area (Å²) in [5.74, 6) is 0. The van der Waals surface area contributed by atoms with E-state index in [4.69, 9.17) is 0 Å². The molecular formula is C9H11NO3S. The van der Waals surface area contributed by atoms with Gasteiger partial charge in [-0.25, -0.2) is 13.1 Å². The molecule has 0 amide bonds. The maximum atomic E-state index is 11.4. The first-order chi connectivity index (χ1) is 6.56. The zero-order valence-corrected chi connectivity index (χ0v) is 8.54. The second-order valence-electron chi connectivity index (χ2n) is 2.83. The molecule has 0 aliphatic heterocycles. The number of benzene rings is 1. The molecule has 0 saturated heterocycles. The zero-order chi connectivity index (χ0) is 10.6. The van der Waals surface area contributed by atoms with Crippen molar-refractivity contribution in [2.45, 2.75) is 11.8 Å². The van der Waals surface area contributed by atoms with E-state index in [1.54, 1.807) is 12.1 Å². The first-order valence-electron chi connectivity index (χ1n) is 4.06. The summed E-state index contributed by atoms with van der Waals surface area (Å²) in [6.07, 6.45) is 0.506. The maximum absolute atomic E-state index is 11.4. The minimum Gasteiger partial charge on any atom is -0.302 e. The van der Waals surface area contributed by atoms with Crippen LogP contribution in [0, 0.1) is 6.92 Å². The predicted octanol–water partition coefficient (Wildman–Crippen LogP) is 0.472. The zero-order valence-electron chi connectivity index (χ0n) is 7.73. The Labute approximate surface area is 83.0 Å². The van der Waals surface area contributed by atoms with Crippen LogP contribution in [0.1, 0.15) is 5.56 Å². The van der Waals surface area contributed by atoms with Crippen LogP contribution in [0.25, 0.3) is 0 Å². The van der Waals surface area contributed by atoms with Crippen LogP contribution < -0.4 is 4.72 Å². The van der Waals surface area contributed by atoms with Gasteiger partial charge in [-0.3, -0.25) is 0 Å². The minimum absolute atomic E-state index is 0.171. The second-order valence-corrected chi connectivity index (χ2v) is 4.60. The largest absolute Gasteiger partial charge is 0.302 e. The molecule has 1 aromatic rings. The van der Waals surface area contributed by atoms with Crippen molar-refractivity contribution >= 4 is 16.3 Å². The van der Waals surface area contributed by atoms with Gasteiger partial charge in [0.2, 0.25) is 10.0 Å². The highest BCUT2D eigenvalue weighted by molar-refractivity contribution is 7.89. The number of carbonyl (C=O) groups excluding carboxylic acids is 1. The Morgan fingerprint density at radius 2 is 1.86 bits per heavy atom. The third-order valence-electron chi connectivity index (χ3n) is 1.69. The minimum atomic E-state index is -3.52. The van der Waals surface area contributed by atoms with Crippen molar-refractivity contribution < 1.29 is 13.2 Å². The van der Waals surface area contributed by atoms with E-state index >= 15 is 0 Å². The fourth-order valence-corrected chi connectivity index (χ4v) is 1.89. The first-order valence-corrected chi connectivity index (χ1v) is 5.54. The van der Waals surface area contributed by atoms with Crippen LogP contribution in [0.4, 0.5) is 0 Å². The normalized spacial score (nSPS) is 11.2. The van der Waals surface area contributed by atoms with Gasteiger partial charge in [0.25, 0.3) is 0 Å². The number of hydrogen-bond donors (Lipinski definition) is 1. The fourth-order valence-electron chi connectivity index (χ4n) is 0.944. The Bertz CT molecular complexity index is 408. The molecule has 0 aromatic heterocycles. The topological polar surface area (TPSA) is 63.2 Å². The second kappa shape index (κ2) is 4.34. The van der Waals surface area contributed by atoms with Gasteiger partial charge in [0.1, 0.15) is 6.29 Å². The SMILES string of the molecule is Cc1ccc(S(=O)(=O)NCC=O)cc1. The number of carbonyl (C=O) groups is 1. The standard InChI is InChI=1S/C9H11NO3S/c1-8-2-4-9(5-3-8)14(12,13)10-6-7-11/h2-5,7,10H,6H2,1H3. The molecule has 14 heavy (non-hydrogen) atoms. The van der Waals surface area contributed by atoms with Gasteiger partial charge in [-0.2, -0.15) is 0 Å². The smallest absolute Gasteiger partial charge is 0.240 e. The highest BCUT2D eigenvalue weighted by atomic mass is 32.2. The van der Waals surface area contributed by atoms with Gasteiger partial charge < -0.3 is 4.79 Å². The monoisotopic (exact) mass is 213 g/mol. The Balaban J connectivity index is 2.93. The molecule has 1 rings (SSSR count). The average molecular weight is 213 g/mol. The summed E-state index contributed by atoms with van der Waals surface area (Å²) in [5.41, 5.74) is 0.985. The van der Waals surface area contributed by atoms with Gasteiger partial charge in [-0.15, -0.1) is 0 Å². The fraction of sp³-hybridized carbons (Fsp3) is 0.222. The summed E-state index contributed by atoms with van der Waals surface area (Å²) in [4.78, 5) is 10.2. The lowest BCUT2D eigenvalue weighted by molar-refractivity contribution is -0.106. The molecule has 0 fully saturated rings. The summed E-state index contributed by atoms with van der Waals surface area (Å²) < 4.78 is 25.0. The van der Waals surface area contributed by atoms with E-state index in [1.165, 1.54) is 12.1 Å². The molecule has 0 saturated carbocycles. The van der Waals surface area contributed by atoms with Crippen molar-refractivity contribution in [2.75, 3.05) is 6.54 Å². The quantitative estimate of drug-likeness (QED) is 0.739. The lowest BCUT2D eigenvalue weighted by atomic mass is 10.2. The van der Waals surface area contributed by atoms with Crippen LogP contribution >= 0.6 is 0 Å². The third-order valence-corrected chi connectivity index (χ3v) is 3.13. The van der Waals surface area contributed by atoms with Crippen LogP contribution in [-0.2, 0) is 14.8 Å². The lowest BCUT2D eigenvalue weighted by Crippen LogP contribution is -2.25. The predicted molar refractivity (Wildman–Crippen MR) is 52.4 cm³/mol. The van der Waals surface area contributed by atoms with Crippen LogP contribution in [0.3, 0.4) is 0 Å². The van der Waals surface area contributed by atoms with Crippen molar-refractivity contribution in [1.29, 1.82) is 0 Å². The van der Waals surface area contributed by atoms with E-state index in [9.17, 15) is 13.2 Å². The number of aldehydes is 1. The summed E-state index contributed by atoms with van der Waals surface area (Å²) in [5, 5.41) is 0. The van der Waals surface area contributed by atoms with Crippen LogP contribution in [0.15, 0.2) is 29.2 Å². The van der Waals surface area contributed by atoms with Crippen molar-refractivity contribution in [1.82, 2.24) is 4.72 Å². The van der Waals surface area contributed by atoms with Crippen LogP contribution in [0.5, 0.6) is 0 Å². The summed E-state index contributed by atoms with van der Waals surface area (Å²) in [6.45, 7) is 1.67. The number of sulfonamides is 1. The Kier molecular flexibility index (Phi) is 3.38. The Morgan fingerprint density at radius 1 is 1.29 bits per heavy atom. The average Bonchev–Trinajstić information content (AvgIpc) is 2.16. The van der Waals surface area contributed by atoms with E-state index < -0.39 is 10.0 Å². The van der Waals surface area contributed by atoms with Crippen LogP contribution in [0.2, 0.25) is 0 Å². The molecular weight excluding hydrogens is 202 g/mol. The third kappa shape index (κ3) is 2.65. The molecule has 1 N–H and O–H groups in total. The molecule has 76 valence electrons. The van der Waals surface area contributed by atoms with Gasteiger partial charge in [-0.05, 0) is 19.1 Å². The van der Waals surface area contributed by atoms with E-state index in [0.717, 1.165) is 5.56 Å². The van der Waals surface area contributed by atoms with Gasteiger partial charge >= 0.3 is 0 Å². The molecule has 0 radical (unpaired) electrons. The molecule has 0 unspecified atom stereocenters. The van der Waals surface area contributed by atoms with Gasteiger partial charge in [0.05, 0.1) is 11.4 Å². The van der Waals surface area contributed by atoms with Crippen molar-refractivity contribution in [2.24, 2.45) is 0 Å². The van der Waals surface area contributed by atoms with Gasteiger partial charge in [-0.1, -0.05) is 17.7 Å². The molecule has 0 aliphatic rings. The summed E-state index contributed by atoms with van der Waals surface area (Å²) in [6, 6.07) is 6.41. The summed E-state index contributed by atoms with van der Waals surface area (Å²) >= 11 is 0. The number of hydrogen-bond acceptors (Lipinski definition) is 3. The molecule has 1 aromatic carbocycles. The molecule has 0 aliphatic carbocycles. The van der Waals surface area contributed by atoms with E-state index in [0.29, 0.717) is 6.29 Å².